The van der Waals surface area contributed by atoms with Crippen LogP contribution < -0.4 is 0 Å². The van der Waals surface area contributed by atoms with Crippen molar-refractivity contribution in [1.82, 2.24) is 0 Å². The van der Waals surface area contributed by atoms with E-state index in [1.807, 2.05) is 12.2 Å². The molecule has 0 aromatic heterocycles. The fourth-order valence-corrected chi connectivity index (χ4v) is 8.01. The van der Waals surface area contributed by atoms with Crippen LogP contribution in [0.5, 0.6) is 0 Å². The van der Waals surface area contributed by atoms with Gasteiger partial charge in [0, 0.05) is 5.41 Å². The fourth-order valence-electron chi connectivity index (χ4n) is 6.77. The molecule has 0 saturated heterocycles. The molecule has 3 fully saturated rings. The van der Waals surface area contributed by atoms with E-state index in [2.05, 4.69) is 39.6 Å². The Morgan fingerprint density at radius 2 is 1.84 bits per heavy atom. The molecular formula is C22H34O2Si. The molecule has 3 heteroatoms. The van der Waals surface area contributed by atoms with E-state index in [0.717, 1.165) is 18.3 Å². The summed E-state index contributed by atoms with van der Waals surface area (Å²) in [5.41, 5.74) is 1.89. The maximum atomic E-state index is 11.9. The number of hydrogen-bond donors (Lipinski definition) is 0. The van der Waals surface area contributed by atoms with Gasteiger partial charge in [-0.1, -0.05) is 25.5 Å². The predicted octanol–water partition coefficient (Wildman–Crippen LogP) is 5.51. The topological polar surface area (TPSA) is 26.3 Å². The molecule has 0 amide bonds. The minimum absolute atomic E-state index is 0.121. The number of carbonyl (C=O) groups excluding carboxylic acids is 1. The maximum Gasteiger partial charge on any atom is 0.184 e. The largest absolute Gasteiger partial charge is 0.414 e. The Balaban J connectivity index is 1.61. The van der Waals surface area contributed by atoms with E-state index in [0.29, 0.717) is 17.4 Å². The van der Waals surface area contributed by atoms with E-state index in [4.69, 9.17) is 4.43 Å². The Morgan fingerprint density at radius 1 is 1.08 bits per heavy atom. The Kier molecular flexibility index (Phi) is 4.01. The molecule has 25 heavy (non-hydrogen) atoms. The highest BCUT2D eigenvalue weighted by molar-refractivity contribution is 6.69. The van der Waals surface area contributed by atoms with Crippen LogP contribution in [0, 0.1) is 28.6 Å². The minimum atomic E-state index is -1.50. The molecule has 0 aromatic carbocycles. The summed E-state index contributed by atoms with van der Waals surface area (Å²) in [5, 5.41) is 0. The average molecular weight is 359 g/mol. The van der Waals surface area contributed by atoms with Crippen LogP contribution in [0.15, 0.2) is 23.8 Å². The lowest BCUT2D eigenvalue weighted by Crippen LogP contribution is -2.51. The van der Waals surface area contributed by atoms with E-state index in [-0.39, 0.29) is 11.2 Å². The zero-order valence-electron chi connectivity index (χ0n) is 16.6. The van der Waals surface area contributed by atoms with Crippen LogP contribution in [0.2, 0.25) is 19.6 Å². The molecule has 0 aromatic rings. The SMILES string of the molecule is C[C@]12C=CC(=O)C=C1CC[C@@H]1[C@@H]2CC[C@]2(C)C(O[Si](C)(C)C)CC[C@@H]12. The van der Waals surface area contributed by atoms with Gasteiger partial charge >= 0.3 is 0 Å². The van der Waals surface area contributed by atoms with Crippen molar-refractivity contribution in [2.45, 2.75) is 78.1 Å². The van der Waals surface area contributed by atoms with Crippen LogP contribution >= 0.6 is 0 Å². The molecule has 0 N–H and O–H groups in total. The van der Waals surface area contributed by atoms with E-state index in [9.17, 15) is 4.79 Å². The van der Waals surface area contributed by atoms with Crippen LogP contribution in [-0.2, 0) is 9.22 Å². The molecule has 0 spiro atoms. The first-order valence-electron chi connectivity index (χ1n) is 10.3. The zero-order chi connectivity index (χ0) is 18.0. The second-order valence-corrected chi connectivity index (χ2v) is 14.9. The van der Waals surface area contributed by atoms with Crippen molar-refractivity contribution >= 4 is 14.1 Å². The number of hydrogen-bond acceptors (Lipinski definition) is 2. The molecule has 3 saturated carbocycles. The lowest BCUT2D eigenvalue weighted by atomic mass is 9.48. The molecule has 2 nitrogen and oxygen atoms in total. The summed E-state index contributed by atoms with van der Waals surface area (Å²) in [5.74, 6) is 2.50. The molecule has 138 valence electrons. The molecule has 0 radical (unpaired) electrons. The van der Waals surface area contributed by atoms with Gasteiger partial charge in [0.1, 0.15) is 0 Å². The Hall–Kier alpha value is -0.673. The van der Waals surface area contributed by atoms with Gasteiger partial charge in [0.25, 0.3) is 0 Å². The van der Waals surface area contributed by atoms with E-state index in [1.54, 1.807) is 0 Å². The van der Waals surface area contributed by atoms with Gasteiger partial charge in [-0.2, -0.15) is 0 Å². The summed E-state index contributed by atoms with van der Waals surface area (Å²) in [4.78, 5) is 11.9. The number of rotatable bonds is 2. The van der Waals surface area contributed by atoms with Gasteiger partial charge in [-0.15, -0.1) is 0 Å². The Morgan fingerprint density at radius 3 is 2.56 bits per heavy atom. The van der Waals surface area contributed by atoms with Crippen LogP contribution in [-0.4, -0.2) is 20.2 Å². The summed E-state index contributed by atoms with van der Waals surface area (Å²) in [6.45, 7) is 11.9. The second kappa shape index (κ2) is 5.66. The van der Waals surface area contributed by atoms with Gasteiger partial charge in [0.15, 0.2) is 14.1 Å². The van der Waals surface area contributed by atoms with Gasteiger partial charge in [-0.3, -0.25) is 4.79 Å². The molecule has 6 atom stereocenters. The van der Waals surface area contributed by atoms with Gasteiger partial charge in [0.2, 0.25) is 0 Å². The summed E-state index contributed by atoms with van der Waals surface area (Å²) in [6, 6.07) is 0. The smallest absolute Gasteiger partial charge is 0.184 e. The first-order chi connectivity index (χ1) is 11.6. The average Bonchev–Trinajstić information content (AvgIpc) is 2.83. The number of allylic oxidation sites excluding steroid dienone is 4. The molecule has 0 heterocycles. The first-order valence-corrected chi connectivity index (χ1v) is 13.7. The Labute approximate surface area is 154 Å². The molecule has 1 unspecified atom stereocenters. The van der Waals surface area contributed by atoms with Crippen LogP contribution in [0.3, 0.4) is 0 Å². The number of ketones is 1. The standard InChI is InChI=1S/C22H34O2Si/c1-21-12-10-16(23)14-15(21)6-7-17-18-8-9-20(24-25(3,4)5)22(18,2)13-11-19(17)21/h10,12,14,17-20H,6-9,11,13H2,1-5H3/t17-,18-,19-,20?,21-,22-/m0/s1. The lowest BCUT2D eigenvalue weighted by Gasteiger charge is -2.57. The number of fused-ring (bicyclic) bond motifs is 5. The summed E-state index contributed by atoms with van der Waals surface area (Å²) < 4.78 is 6.67. The first kappa shape index (κ1) is 17.7. The lowest BCUT2D eigenvalue weighted by molar-refractivity contribution is -0.111. The van der Waals surface area contributed by atoms with Gasteiger partial charge in [-0.05, 0) is 93.5 Å². The summed E-state index contributed by atoms with van der Waals surface area (Å²) in [6.07, 6.45) is 14.0. The van der Waals surface area contributed by atoms with Crippen LogP contribution in [0.4, 0.5) is 0 Å². The van der Waals surface area contributed by atoms with Crippen LogP contribution in [0.1, 0.15) is 52.4 Å². The second-order valence-electron chi connectivity index (χ2n) is 10.4. The van der Waals surface area contributed by atoms with Crippen molar-refractivity contribution in [3.8, 4) is 0 Å². The zero-order valence-corrected chi connectivity index (χ0v) is 17.6. The third-order valence-corrected chi connectivity index (χ3v) is 8.96. The van der Waals surface area contributed by atoms with E-state index < -0.39 is 8.32 Å². The molecule has 4 aliphatic rings. The Bertz CT molecular complexity index is 643. The van der Waals surface area contributed by atoms with Crippen molar-refractivity contribution in [1.29, 1.82) is 0 Å². The monoisotopic (exact) mass is 358 g/mol. The fraction of sp³-hybridized carbons (Fsp3) is 0.773. The van der Waals surface area contributed by atoms with E-state index >= 15 is 0 Å². The summed E-state index contributed by atoms with van der Waals surface area (Å²) in [7, 11) is -1.50. The van der Waals surface area contributed by atoms with E-state index in [1.165, 1.54) is 37.7 Å². The summed E-state index contributed by atoms with van der Waals surface area (Å²) >= 11 is 0. The van der Waals surface area contributed by atoms with Crippen molar-refractivity contribution in [3.63, 3.8) is 0 Å². The normalized spacial score (nSPS) is 46.3. The molecule has 4 aliphatic carbocycles. The third-order valence-electron chi connectivity index (χ3n) is 7.97. The molecular weight excluding hydrogens is 324 g/mol. The van der Waals surface area contributed by atoms with Crippen molar-refractivity contribution in [2.24, 2.45) is 28.6 Å². The molecule has 0 bridgehead atoms. The third kappa shape index (κ3) is 2.73. The molecule has 0 aliphatic heterocycles. The quantitative estimate of drug-likeness (QED) is 0.608. The predicted molar refractivity (Wildman–Crippen MR) is 105 cm³/mol. The number of carbonyl (C=O) groups is 1. The van der Waals surface area contributed by atoms with Crippen molar-refractivity contribution < 1.29 is 9.22 Å². The minimum Gasteiger partial charge on any atom is -0.414 e. The maximum absolute atomic E-state index is 11.9. The van der Waals surface area contributed by atoms with Crippen LogP contribution in [0.25, 0.3) is 0 Å². The van der Waals surface area contributed by atoms with Crippen molar-refractivity contribution in [2.75, 3.05) is 0 Å². The van der Waals surface area contributed by atoms with Crippen molar-refractivity contribution in [3.05, 3.63) is 23.8 Å². The highest BCUT2D eigenvalue weighted by Gasteiger charge is 2.59. The van der Waals surface area contributed by atoms with Gasteiger partial charge in [0.05, 0.1) is 6.10 Å². The molecule has 4 rings (SSSR count). The van der Waals surface area contributed by atoms with Gasteiger partial charge in [-0.25, -0.2) is 0 Å². The van der Waals surface area contributed by atoms with Gasteiger partial charge < -0.3 is 4.43 Å². The highest BCUT2D eigenvalue weighted by atomic mass is 28.4. The highest BCUT2D eigenvalue weighted by Crippen LogP contribution is 2.65.